The molecule has 0 spiro atoms. The fourth-order valence-corrected chi connectivity index (χ4v) is 6.82. The molecule has 5 rings (SSSR count). The van der Waals surface area contributed by atoms with Crippen LogP contribution in [0, 0.1) is 0 Å². The van der Waals surface area contributed by atoms with Crippen molar-refractivity contribution in [2.24, 2.45) is 5.73 Å². The summed E-state index contributed by atoms with van der Waals surface area (Å²) < 4.78 is 0. The summed E-state index contributed by atoms with van der Waals surface area (Å²) in [5.74, 6) is -0.413. The molecule has 2 aliphatic rings. The molecule has 3 unspecified atom stereocenters. The molecule has 0 radical (unpaired) electrons. The Hall–Kier alpha value is -2.93. The lowest BCUT2D eigenvalue weighted by molar-refractivity contribution is -0.127. The van der Waals surface area contributed by atoms with Gasteiger partial charge in [-0.2, -0.15) is 0 Å². The van der Waals surface area contributed by atoms with Crippen molar-refractivity contribution in [1.29, 1.82) is 0 Å². The van der Waals surface area contributed by atoms with Gasteiger partial charge in [0.05, 0.1) is 15.5 Å². The Bertz CT molecular complexity index is 1320. The van der Waals surface area contributed by atoms with Crippen LogP contribution in [0.1, 0.15) is 47.8 Å². The summed E-state index contributed by atoms with van der Waals surface area (Å²) in [5.41, 5.74) is 7.28. The standard InChI is InChI=1S/C30H32Cl2N4O2/c1-2-35-16-13-29(28(33)38,21-8-4-3-5-9-21)19-26(35)30(22-11-12-23(31)24(32)18-22)14-17-36(20-30)27(37)25-10-6-7-15-34-25/h3-12,15,18,26H,2,13-14,16-17,19-20H2,1H3,(H2,33,38). The van der Waals surface area contributed by atoms with Crippen LogP contribution >= 0.6 is 23.2 Å². The molecular weight excluding hydrogens is 519 g/mol. The van der Waals surface area contributed by atoms with E-state index in [4.69, 9.17) is 28.9 Å². The highest BCUT2D eigenvalue weighted by Crippen LogP contribution is 2.49. The number of carbonyl (C=O) groups is 2. The molecule has 0 aliphatic carbocycles. The average molecular weight is 552 g/mol. The fourth-order valence-electron chi connectivity index (χ4n) is 6.52. The van der Waals surface area contributed by atoms with Crippen LogP contribution in [0.25, 0.3) is 0 Å². The normalized spacial score (nSPS) is 25.9. The van der Waals surface area contributed by atoms with Crippen molar-refractivity contribution < 1.29 is 9.59 Å². The molecule has 198 valence electrons. The fraction of sp³-hybridized carbons (Fsp3) is 0.367. The zero-order valence-electron chi connectivity index (χ0n) is 21.4. The molecule has 2 fully saturated rings. The summed E-state index contributed by atoms with van der Waals surface area (Å²) >= 11 is 12.9. The Morgan fingerprint density at radius 3 is 2.39 bits per heavy atom. The number of benzene rings is 2. The molecule has 3 atom stereocenters. The molecular formula is C30H32Cl2N4O2. The smallest absolute Gasteiger partial charge is 0.272 e. The molecule has 2 aromatic carbocycles. The van der Waals surface area contributed by atoms with E-state index in [0.29, 0.717) is 48.1 Å². The highest BCUT2D eigenvalue weighted by atomic mass is 35.5. The molecule has 8 heteroatoms. The molecule has 2 amide bonds. The molecule has 2 N–H and O–H groups in total. The third kappa shape index (κ3) is 4.59. The van der Waals surface area contributed by atoms with Gasteiger partial charge < -0.3 is 10.6 Å². The van der Waals surface area contributed by atoms with Gasteiger partial charge in [0, 0.05) is 30.7 Å². The van der Waals surface area contributed by atoms with Gasteiger partial charge in [-0.25, -0.2) is 0 Å². The van der Waals surface area contributed by atoms with Crippen LogP contribution in [0.4, 0.5) is 0 Å². The Balaban J connectivity index is 1.61. The summed E-state index contributed by atoms with van der Waals surface area (Å²) in [4.78, 5) is 35.3. The number of hydrogen-bond donors (Lipinski definition) is 1. The van der Waals surface area contributed by atoms with Crippen LogP contribution < -0.4 is 5.73 Å². The van der Waals surface area contributed by atoms with Crippen LogP contribution in [-0.2, 0) is 15.6 Å². The molecule has 2 aliphatic heterocycles. The molecule has 3 aromatic rings. The topological polar surface area (TPSA) is 79.5 Å². The van der Waals surface area contributed by atoms with Gasteiger partial charge in [-0.15, -0.1) is 0 Å². The first kappa shape index (κ1) is 26.7. The number of halogens is 2. The van der Waals surface area contributed by atoms with E-state index < -0.39 is 10.8 Å². The maximum atomic E-state index is 13.5. The molecule has 38 heavy (non-hydrogen) atoms. The van der Waals surface area contributed by atoms with E-state index in [0.717, 1.165) is 24.2 Å². The second-order valence-electron chi connectivity index (χ2n) is 10.4. The number of nitrogens with zero attached hydrogens (tertiary/aromatic N) is 3. The van der Waals surface area contributed by atoms with Gasteiger partial charge in [0.25, 0.3) is 5.91 Å². The number of likely N-dealkylation sites (tertiary alicyclic amines) is 2. The largest absolute Gasteiger partial charge is 0.369 e. The summed E-state index contributed by atoms with van der Waals surface area (Å²) in [6, 6.07) is 20.9. The number of aromatic nitrogens is 1. The second kappa shape index (κ2) is 10.7. The first-order valence-electron chi connectivity index (χ1n) is 13.1. The number of carbonyl (C=O) groups excluding carboxylic acids is 2. The van der Waals surface area contributed by atoms with Gasteiger partial charge in [0.1, 0.15) is 5.69 Å². The van der Waals surface area contributed by atoms with Gasteiger partial charge in [0.2, 0.25) is 5.91 Å². The zero-order valence-corrected chi connectivity index (χ0v) is 23.0. The summed E-state index contributed by atoms with van der Waals surface area (Å²) in [5, 5.41) is 0.956. The molecule has 1 aromatic heterocycles. The van der Waals surface area contributed by atoms with Gasteiger partial charge in [-0.05, 0) is 67.7 Å². The second-order valence-corrected chi connectivity index (χ2v) is 11.2. The minimum atomic E-state index is -0.806. The van der Waals surface area contributed by atoms with E-state index >= 15 is 0 Å². The predicted octanol–water partition coefficient (Wildman–Crippen LogP) is 5.08. The lowest BCUT2D eigenvalue weighted by Crippen LogP contribution is -2.61. The van der Waals surface area contributed by atoms with Crippen molar-refractivity contribution in [3.8, 4) is 0 Å². The van der Waals surface area contributed by atoms with Gasteiger partial charge in [-0.3, -0.25) is 19.5 Å². The Morgan fingerprint density at radius 1 is 0.974 bits per heavy atom. The monoisotopic (exact) mass is 550 g/mol. The van der Waals surface area contributed by atoms with Crippen molar-refractivity contribution in [2.45, 2.75) is 43.1 Å². The first-order valence-corrected chi connectivity index (χ1v) is 13.8. The minimum Gasteiger partial charge on any atom is -0.369 e. The summed E-state index contributed by atoms with van der Waals surface area (Å²) in [6.45, 7) is 4.71. The van der Waals surface area contributed by atoms with Gasteiger partial charge >= 0.3 is 0 Å². The van der Waals surface area contributed by atoms with Crippen LogP contribution in [0.2, 0.25) is 10.0 Å². The number of piperidine rings is 1. The van der Waals surface area contributed by atoms with Crippen molar-refractivity contribution in [1.82, 2.24) is 14.8 Å². The number of amides is 2. The van der Waals surface area contributed by atoms with Crippen molar-refractivity contribution in [3.63, 3.8) is 0 Å². The van der Waals surface area contributed by atoms with E-state index in [1.807, 2.05) is 59.5 Å². The average Bonchev–Trinajstić information content (AvgIpc) is 3.41. The Kier molecular flexibility index (Phi) is 7.49. The van der Waals surface area contributed by atoms with E-state index in [-0.39, 0.29) is 17.9 Å². The highest BCUT2D eigenvalue weighted by Gasteiger charge is 2.55. The Morgan fingerprint density at radius 2 is 1.74 bits per heavy atom. The zero-order chi connectivity index (χ0) is 26.9. The lowest BCUT2D eigenvalue weighted by atomic mass is 9.61. The van der Waals surface area contributed by atoms with E-state index in [1.54, 1.807) is 18.3 Å². The molecule has 0 bridgehead atoms. The van der Waals surface area contributed by atoms with E-state index in [2.05, 4.69) is 16.8 Å². The molecule has 0 saturated carbocycles. The SMILES string of the molecule is CCN1CCC(C(N)=O)(c2ccccc2)CC1C1(c2ccc(Cl)c(Cl)c2)CCN(C(=O)c2ccccn2)C1. The minimum absolute atomic E-state index is 0.0623. The third-order valence-electron chi connectivity index (χ3n) is 8.62. The van der Waals surface area contributed by atoms with Crippen LogP contribution in [0.5, 0.6) is 0 Å². The maximum Gasteiger partial charge on any atom is 0.272 e. The van der Waals surface area contributed by atoms with Gasteiger partial charge in [-0.1, -0.05) is 72.6 Å². The number of rotatable bonds is 6. The van der Waals surface area contributed by atoms with Crippen LogP contribution in [-0.4, -0.2) is 58.8 Å². The number of pyridine rings is 1. The van der Waals surface area contributed by atoms with E-state index in [1.165, 1.54) is 0 Å². The van der Waals surface area contributed by atoms with Crippen molar-refractivity contribution >= 4 is 35.0 Å². The number of nitrogens with two attached hydrogens (primary N) is 1. The first-order chi connectivity index (χ1) is 18.3. The van der Waals surface area contributed by atoms with Crippen molar-refractivity contribution in [2.75, 3.05) is 26.2 Å². The summed E-state index contributed by atoms with van der Waals surface area (Å²) in [7, 11) is 0. The van der Waals surface area contributed by atoms with Crippen LogP contribution in [0.15, 0.2) is 72.9 Å². The Labute approximate surface area is 233 Å². The van der Waals surface area contributed by atoms with Crippen molar-refractivity contribution in [3.05, 3.63) is 99.8 Å². The summed E-state index contributed by atoms with van der Waals surface area (Å²) in [6.07, 6.45) is 3.54. The molecule has 6 nitrogen and oxygen atoms in total. The predicted molar refractivity (Wildman–Crippen MR) is 150 cm³/mol. The number of likely N-dealkylation sites (N-methyl/N-ethyl adjacent to an activating group) is 1. The van der Waals surface area contributed by atoms with E-state index in [9.17, 15) is 9.59 Å². The third-order valence-corrected chi connectivity index (χ3v) is 9.36. The van der Waals surface area contributed by atoms with Gasteiger partial charge in [0.15, 0.2) is 0 Å². The molecule has 3 heterocycles. The highest BCUT2D eigenvalue weighted by molar-refractivity contribution is 6.42. The number of primary amides is 1. The maximum absolute atomic E-state index is 13.5. The quantitative estimate of drug-likeness (QED) is 0.464. The molecule has 2 saturated heterocycles. The number of hydrogen-bond acceptors (Lipinski definition) is 4. The lowest BCUT2D eigenvalue weighted by Gasteiger charge is -2.52. The van der Waals surface area contributed by atoms with Crippen LogP contribution in [0.3, 0.4) is 0 Å².